The Balaban J connectivity index is 1.48. The SMILES string of the molecule is CN(C)c1cc(CN=C(N)N2CCN(c3nccs3)CC2)c2ccccc2n1. The van der Waals surface area contributed by atoms with Gasteiger partial charge in [0.15, 0.2) is 11.1 Å². The van der Waals surface area contributed by atoms with E-state index in [9.17, 15) is 0 Å². The zero-order valence-corrected chi connectivity index (χ0v) is 17.1. The van der Waals surface area contributed by atoms with Crippen molar-refractivity contribution in [1.82, 2.24) is 14.9 Å². The summed E-state index contributed by atoms with van der Waals surface area (Å²) in [5, 5.41) is 4.21. The maximum atomic E-state index is 6.32. The zero-order valence-electron chi connectivity index (χ0n) is 16.2. The first-order valence-electron chi connectivity index (χ1n) is 9.37. The van der Waals surface area contributed by atoms with Crippen LogP contribution < -0.4 is 15.5 Å². The standard InChI is InChI=1S/C20H25N7S/c1-25(2)18-13-15(16-5-3-4-6-17(16)24-18)14-23-19(21)26-8-10-27(11-9-26)20-22-7-12-28-20/h3-7,12-13H,8-11,14H2,1-2H3,(H2,21,23). The largest absolute Gasteiger partial charge is 0.370 e. The average molecular weight is 396 g/mol. The molecule has 28 heavy (non-hydrogen) atoms. The molecule has 146 valence electrons. The van der Waals surface area contributed by atoms with Crippen molar-refractivity contribution in [1.29, 1.82) is 0 Å². The summed E-state index contributed by atoms with van der Waals surface area (Å²) in [4.78, 5) is 20.3. The lowest BCUT2D eigenvalue weighted by Crippen LogP contribution is -2.51. The number of anilines is 2. The number of aliphatic imine (C=N–C) groups is 1. The number of pyridine rings is 1. The number of hydrogen-bond donors (Lipinski definition) is 1. The summed E-state index contributed by atoms with van der Waals surface area (Å²) in [7, 11) is 4.00. The summed E-state index contributed by atoms with van der Waals surface area (Å²) >= 11 is 1.68. The predicted octanol–water partition coefficient (Wildman–Crippen LogP) is 2.39. The fourth-order valence-electron chi connectivity index (χ4n) is 3.36. The molecule has 7 nitrogen and oxygen atoms in total. The number of piperazine rings is 1. The molecule has 3 aromatic rings. The Labute approximate surface area is 169 Å². The van der Waals surface area contributed by atoms with Crippen LogP contribution in [-0.4, -0.2) is 61.1 Å². The number of fused-ring (bicyclic) bond motifs is 1. The Kier molecular flexibility index (Phi) is 5.29. The van der Waals surface area contributed by atoms with E-state index in [0.717, 1.165) is 53.6 Å². The minimum atomic E-state index is 0.544. The van der Waals surface area contributed by atoms with Crippen LogP contribution >= 0.6 is 11.3 Å². The van der Waals surface area contributed by atoms with Gasteiger partial charge < -0.3 is 20.4 Å². The molecule has 0 atom stereocenters. The number of para-hydroxylation sites is 1. The number of guanidine groups is 1. The summed E-state index contributed by atoms with van der Waals surface area (Å²) in [6.07, 6.45) is 1.85. The smallest absolute Gasteiger partial charge is 0.191 e. The second-order valence-electron chi connectivity index (χ2n) is 7.01. The maximum absolute atomic E-state index is 6.32. The molecule has 1 saturated heterocycles. The van der Waals surface area contributed by atoms with E-state index < -0.39 is 0 Å². The van der Waals surface area contributed by atoms with Crippen molar-refractivity contribution in [3.63, 3.8) is 0 Å². The van der Waals surface area contributed by atoms with Crippen molar-refractivity contribution in [2.45, 2.75) is 6.54 Å². The van der Waals surface area contributed by atoms with Gasteiger partial charge in [0.25, 0.3) is 0 Å². The number of rotatable bonds is 4. The molecule has 0 spiro atoms. The highest BCUT2D eigenvalue weighted by atomic mass is 32.1. The van der Waals surface area contributed by atoms with Crippen LogP contribution in [0.25, 0.3) is 10.9 Å². The highest BCUT2D eigenvalue weighted by molar-refractivity contribution is 7.13. The fraction of sp³-hybridized carbons (Fsp3) is 0.350. The third-order valence-electron chi connectivity index (χ3n) is 4.95. The summed E-state index contributed by atoms with van der Waals surface area (Å²) in [5.74, 6) is 1.53. The molecule has 1 aromatic carbocycles. The number of hydrogen-bond acceptors (Lipinski definition) is 6. The van der Waals surface area contributed by atoms with Gasteiger partial charge in [0.05, 0.1) is 12.1 Å². The monoisotopic (exact) mass is 395 g/mol. The molecule has 3 heterocycles. The first kappa shape index (κ1) is 18.5. The van der Waals surface area contributed by atoms with Gasteiger partial charge in [-0.2, -0.15) is 0 Å². The molecule has 0 radical (unpaired) electrons. The van der Waals surface area contributed by atoms with Crippen molar-refractivity contribution >= 4 is 39.1 Å². The number of nitrogens with two attached hydrogens (primary N) is 1. The van der Waals surface area contributed by atoms with E-state index in [0.29, 0.717) is 12.5 Å². The lowest BCUT2D eigenvalue weighted by atomic mass is 10.1. The Bertz CT molecular complexity index is 960. The first-order chi connectivity index (χ1) is 13.6. The molecule has 4 rings (SSSR count). The number of benzene rings is 1. The van der Waals surface area contributed by atoms with Crippen LogP contribution in [0.1, 0.15) is 5.56 Å². The third-order valence-corrected chi connectivity index (χ3v) is 5.78. The predicted molar refractivity (Wildman–Crippen MR) is 117 cm³/mol. The van der Waals surface area contributed by atoms with Gasteiger partial charge in [-0.25, -0.2) is 15.0 Å². The number of nitrogens with zero attached hydrogens (tertiary/aromatic N) is 6. The van der Waals surface area contributed by atoms with Gasteiger partial charge in [0.1, 0.15) is 5.82 Å². The highest BCUT2D eigenvalue weighted by Gasteiger charge is 2.19. The summed E-state index contributed by atoms with van der Waals surface area (Å²) in [6.45, 7) is 4.08. The molecule has 1 aliphatic rings. The molecule has 0 aliphatic carbocycles. The van der Waals surface area contributed by atoms with Gasteiger partial charge in [0.2, 0.25) is 0 Å². The fourth-order valence-corrected chi connectivity index (χ4v) is 4.05. The molecule has 0 saturated carbocycles. The quantitative estimate of drug-likeness (QED) is 0.540. The Morgan fingerprint density at radius 1 is 1.21 bits per heavy atom. The van der Waals surface area contributed by atoms with Crippen LogP contribution in [0.5, 0.6) is 0 Å². The normalized spacial score (nSPS) is 15.3. The average Bonchev–Trinajstić information content (AvgIpc) is 3.26. The van der Waals surface area contributed by atoms with E-state index in [1.165, 1.54) is 0 Å². The molecular weight excluding hydrogens is 370 g/mol. The van der Waals surface area contributed by atoms with E-state index in [4.69, 9.17) is 15.7 Å². The van der Waals surface area contributed by atoms with Gasteiger partial charge in [-0.15, -0.1) is 11.3 Å². The second-order valence-corrected chi connectivity index (χ2v) is 7.89. The van der Waals surface area contributed by atoms with Crippen molar-refractivity contribution in [3.8, 4) is 0 Å². The van der Waals surface area contributed by atoms with Crippen molar-refractivity contribution < 1.29 is 0 Å². The van der Waals surface area contributed by atoms with Crippen LogP contribution in [0.15, 0.2) is 46.9 Å². The zero-order chi connectivity index (χ0) is 19.5. The molecular formula is C20H25N7S. The van der Waals surface area contributed by atoms with E-state index >= 15 is 0 Å². The van der Waals surface area contributed by atoms with Crippen LogP contribution in [-0.2, 0) is 6.54 Å². The summed E-state index contributed by atoms with van der Waals surface area (Å²) < 4.78 is 0. The van der Waals surface area contributed by atoms with Crippen molar-refractivity contribution in [2.24, 2.45) is 10.7 Å². The first-order valence-corrected chi connectivity index (χ1v) is 10.2. The van der Waals surface area contributed by atoms with E-state index in [1.54, 1.807) is 11.3 Å². The molecule has 0 bridgehead atoms. The van der Waals surface area contributed by atoms with Crippen molar-refractivity contribution in [3.05, 3.63) is 47.5 Å². The van der Waals surface area contributed by atoms with Gasteiger partial charge >= 0.3 is 0 Å². The minimum absolute atomic E-state index is 0.544. The maximum Gasteiger partial charge on any atom is 0.191 e. The van der Waals surface area contributed by atoms with E-state index in [1.807, 2.05) is 48.8 Å². The lowest BCUT2D eigenvalue weighted by molar-refractivity contribution is 0.380. The summed E-state index contributed by atoms with van der Waals surface area (Å²) in [5.41, 5.74) is 8.44. The van der Waals surface area contributed by atoms with Gasteiger partial charge in [0, 0.05) is 57.2 Å². The molecule has 0 amide bonds. The second kappa shape index (κ2) is 8.02. The number of aromatic nitrogens is 2. The Morgan fingerprint density at radius 2 is 2.00 bits per heavy atom. The minimum Gasteiger partial charge on any atom is -0.370 e. The molecule has 1 aliphatic heterocycles. The molecule has 2 N–H and O–H groups in total. The van der Waals surface area contributed by atoms with Crippen molar-refractivity contribution in [2.75, 3.05) is 50.1 Å². The van der Waals surface area contributed by atoms with Crippen LogP contribution in [0, 0.1) is 0 Å². The van der Waals surface area contributed by atoms with Crippen LogP contribution in [0.4, 0.5) is 10.9 Å². The van der Waals surface area contributed by atoms with E-state index in [-0.39, 0.29) is 0 Å². The molecule has 2 aromatic heterocycles. The Hall–Kier alpha value is -2.87. The van der Waals surface area contributed by atoms with Gasteiger partial charge in [-0.1, -0.05) is 18.2 Å². The third kappa shape index (κ3) is 3.87. The highest BCUT2D eigenvalue weighted by Crippen LogP contribution is 2.23. The summed E-state index contributed by atoms with van der Waals surface area (Å²) in [6, 6.07) is 10.3. The van der Waals surface area contributed by atoms with E-state index in [2.05, 4.69) is 26.9 Å². The number of thiazole rings is 1. The molecule has 0 unspecified atom stereocenters. The topological polar surface area (TPSA) is 73.9 Å². The van der Waals surface area contributed by atoms with Gasteiger partial charge in [-0.05, 0) is 17.7 Å². The lowest BCUT2D eigenvalue weighted by Gasteiger charge is -2.35. The molecule has 1 fully saturated rings. The molecule has 8 heteroatoms. The Morgan fingerprint density at radius 3 is 2.71 bits per heavy atom. The van der Waals surface area contributed by atoms with Gasteiger partial charge in [-0.3, -0.25) is 0 Å². The van der Waals surface area contributed by atoms with Crippen LogP contribution in [0.3, 0.4) is 0 Å². The van der Waals surface area contributed by atoms with Crippen LogP contribution in [0.2, 0.25) is 0 Å².